The topological polar surface area (TPSA) is 129 Å². The summed E-state index contributed by atoms with van der Waals surface area (Å²) >= 11 is 0. The first-order chi connectivity index (χ1) is 17.2. The zero-order valence-electron chi connectivity index (χ0n) is 22.1. The molecule has 9 heteroatoms. The minimum Gasteiger partial charge on any atom is -0.462 e. The summed E-state index contributed by atoms with van der Waals surface area (Å²) in [6.45, 7) is 9.35. The summed E-state index contributed by atoms with van der Waals surface area (Å²) in [4.78, 5) is 37.5. The highest BCUT2D eigenvalue weighted by molar-refractivity contribution is 5.87. The molecular formula is C28H36O9. The number of benzene rings is 1. The van der Waals surface area contributed by atoms with E-state index in [1.807, 2.05) is 44.2 Å². The number of esters is 3. The number of hydrogen-bond donors (Lipinski definition) is 2. The highest BCUT2D eigenvalue weighted by Gasteiger charge is 2.83. The van der Waals surface area contributed by atoms with Crippen LogP contribution in [0.3, 0.4) is 0 Å². The largest absolute Gasteiger partial charge is 0.462 e. The van der Waals surface area contributed by atoms with Gasteiger partial charge in [-0.1, -0.05) is 30.3 Å². The molecule has 4 rings (SSSR count). The fourth-order valence-electron chi connectivity index (χ4n) is 7.00. The number of rotatable bonds is 5. The summed E-state index contributed by atoms with van der Waals surface area (Å²) in [7, 11) is 0. The van der Waals surface area contributed by atoms with Crippen LogP contribution in [0.15, 0.2) is 36.4 Å². The maximum atomic E-state index is 13.0. The van der Waals surface area contributed by atoms with Crippen LogP contribution in [0.2, 0.25) is 0 Å². The van der Waals surface area contributed by atoms with Gasteiger partial charge in [-0.25, -0.2) is 4.79 Å². The van der Waals surface area contributed by atoms with Crippen molar-refractivity contribution in [3.05, 3.63) is 42.0 Å². The van der Waals surface area contributed by atoms with Crippen molar-refractivity contribution in [2.24, 2.45) is 11.3 Å². The zero-order chi connectivity index (χ0) is 27.4. The molecule has 2 bridgehead atoms. The number of fused-ring (bicyclic) bond motifs is 1. The monoisotopic (exact) mass is 516 g/mol. The van der Waals surface area contributed by atoms with Crippen LogP contribution in [-0.2, 0) is 33.3 Å². The van der Waals surface area contributed by atoms with Crippen molar-refractivity contribution in [2.45, 2.75) is 95.6 Å². The summed E-state index contributed by atoms with van der Waals surface area (Å²) < 4.78 is 24.1. The number of carbonyl (C=O) groups is 3. The molecule has 1 aliphatic heterocycles. The number of carbonyl (C=O) groups excluding carboxylic acids is 3. The van der Waals surface area contributed by atoms with Gasteiger partial charge in [0, 0.05) is 32.3 Å². The first-order valence-corrected chi connectivity index (χ1v) is 12.5. The molecule has 0 amide bonds. The lowest BCUT2D eigenvalue weighted by molar-refractivity contribution is -0.344. The fraction of sp³-hybridized carbons (Fsp3) is 0.607. The van der Waals surface area contributed by atoms with Crippen LogP contribution in [0.1, 0.15) is 59.9 Å². The first-order valence-electron chi connectivity index (χ1n) is 12.5. The molecule has 1 aromatic carbocycles. The van der Waals surface area contributed by atoms with Gasteiger partial charge in [0.2, 0.25) is 0 Å². The Kier molecular flexibility index (Phi) is 6.80. The normalized spacial score (nSPS) is 40.1. The zero-order valence-corrected chi connectivity index (χ0v) is 22.1. The van der Waals surface area contributed by atoms with Gasteiger partial charge in [-0.3, -0.25) is 9.59 Å². The molecule has 2 N–H and O–H groups in total. The molecule has 1 saturated heterocycles. The minimum atomic E-state index is -1.74. The third kappa shape index (κ3) is 4.27. The lowest BCUT2D eigenvalue weighted by atomic mass is 9.47. The van der Waals surface area contributed by atoms with E-state index in [0.717, 1.165) is 5.56 Å². The Hall–Kier alpha value is -2.75. The molecule has 1 heterocycles. The second-order valence-corrected chi connectivity index (χ2v) is 11.3. The molecule has 0 radical (unpaired) electrons. The van der Waals surface area contributed by atoms with Crippen LogP contribution < -0.4 is 0 Å². The van der Waals surface area contributed by atoms with E-state index in [-0.39, 0.29) is 12.8 Å². The van der Waals surface area contributed by atoms with Crippen LogP contribution in [-0.4, -0.2) is 69.3 Å². The van der Waals surface area contributed by atoms with E-state index in [1.54, 1.807) is 13.0 Å². The molecule has 1 aromatic rings. The van der Waals surface area contributed by atoms with Gasteiger partial charge in [-0.05, 0) is 45.8 Å². The van der Waals surface area contributed by atoms with Crippen LogP contribution >= 0.6 is 0 Å². The maximum Gasteiger partial charge on any atom is 0.331 e. The Labute approximate surface area is 216 Å². The van der Waals surface area contributed by atoms with Gasteiger partial charge in [0.05, 0.1) is 22.7 Å². The van der Waals surface area contributed by atoms with E-state index in [1.165, 1.54) is 26.8 Å². The lowest BCUT2D eigenvalue weighted by Gasteiger charge is -2.65. The third-order valence-electron chi connectivity index (χ3n) is 8.42. The summed E-state index contributed by atoms with van der Waals surface area (Å²) in [6, 6.07) is 9.17. The van der Waals surface area contributed by atoms with E-state index in [4.69, 9.17) is 18.9 Å². The number of aliphatic hydroxyl groups excluding tert-OH is 1. The summed E-state index contributed by atoms with van der Waals surface area (Å²) in [5, 5.41) is 23.1. The second-order valence-electron chi connectivity index (χ2n) is 11.3. The van der Waals surface area contributed by atoms with Crippen LogP contribution in [0.25, 0.3) is 6.08 Å². The predicted octanol–water partition coefficient (Wildman–Crippen LogP) is 2.56. The van der Waals surface area contributed by atoms with Crippen molar-refractivity contribution in [3.8, 4) is 0 Å². The van der Waals surface area contributed by atoms with Crippen molar-refractivity contribution in [1.29, 1.82) is 0 Å². The van der Waals surface area contributed by atoms with Gasteiger partial charge < -0.3 is 29.2 Å². The van der Waals surface area contributed by atoms with E-state index >= 15 is 0 Å². The SMILES string of the molecule is CC(=O)O[C@H]1C[C@@H]2[C@@H](OC(C)=O)[C@@]3(OC2(C)C)[C@@]1(C)[C@@H](OC(=O)C=Cc1ccccc1)[C@H](O)C[C@]3(C)O. The molecule has 2 aliphatic carbocycles. The van der Waals surface area contributed by atoms with Gasteiger partial charge in [-0.15, -0.1) is 0 Å². The third-order valence-corrected chi connectivity index (χ3v) is 8.42. The Morgan fingerprint density at radius 2 is 1.59 bits per heavy atom. The first kappa shape index (κ1) is 27.3. The highest BCUT2D eigenvalue weighted by Crippen LogP contribution is 2.68. The molecule has 9 nitrogen and oxygen atoms in total. The van der Waals surface area contributed by atoms with Gasteiger partial charge in [0.15, 0.2) is 0 Å². The van der Waals surface area contributed by atoms with Crippen molar-refractivity contribution >= 4 is 24.0 Å². The Morgan fingerprint density at radius 1 is 0.973 bits per heavy atom. The van der Waals surface area contributed by atoms with Crippen LogP contribution in [0.4, 0.5) is 0 Å². The summed E-state index contributed by atoms with van der Waals surface area (Å²) in [5.41, 5.74) is -5.01. The lowest BCUT2D eigenvalue weighted by Crippen LogP contribution is -2.81. The molecule has 202 valence electrons. The average molecular weight is 517 g/mol. The van der Waals surface area contributed by atoms with Gasteiger partial charge >= 0.3 is 17.9 Å². The second kappa shape index (κ2) is 9.22. The van der Waals surface area contributed by atoms with Gasteiger partial charge in [0.1, 0.15) is 23.9 Å². The smallest absolute Gasteiger partial charge is 0.331 e. The van der Waals surface area contributed by atoms with E-state index < -0.39 is 70.5 Å². The maximum absolute atomic E-state index is 13.0. The Bertz CT molecular complexity index is 1090. The quantitative estimate of drug-likeness (QED) is 0.345. The van der Waals surface area contributed by atoms with Crippen LogP contribution in [0.5, 0.6) is 0 Å². The molecule has 37 heavy (non-hydrogen) atoms. The standard InChI is InChI=1S/C28H36O9/c1-16(29)34-21-14-19-23(35-17(2)30)28(37-25(19,3)4)26(5,33)15-20(31)24(27(21,28)6)36-22(32)13-12-18-10-8-7-9-11-18/h7-13,19-21,23-24,31,33H,14-15H2,1-6H3/t19-,20-,21+,23-,24+,26+,27-,28+/m1/s1. The number of aliphatic hydroxyl groups is 2. The van der Waals surface area contributed by atoms with E-state index in [0.29, 0.717) is 0 Å². The molecule has 0 unspecified atom stereocenters. The molecular weight excluding hydrogens is 480 g/mol. The summed E-state index contributed by atoms with van der Waals surface area (Å²) in [6.07, 6.45) is -1.61. The Balaban J connectivity index is 1.83. The Morgan fingerprint density at radius 3 is 2.19 bits per heavy atom. The molecule has 2 saturated carbocycles. The van der Waals surface area contributed by atoms with Gasteiger partial charge in [-0.2, -0.15) is 0 Å². The molecule has 1 spiro atoms. The number of ether oxygens (including phenoxy) is 4. The van der Waals surface area contributed by atoms with Crippen LogP contribution in [0, 0.1) is 11.3 Å². The fourth-order valence-corrected chi connectivity index (χ4v) is 7.00. The predicted molar refractivity (Wildman–Crippen MR) is 132 cm³/mol. The molecule has 0 aromatic heterocycles. The van der Waals surface area contributed by atoms with Gasteiger partial charge in [0.25, 0.3) is 0 Å². The van der Waals surface area contributed by atoms with Crippen molar-refractivity contribution in [3.63, 3.8) is 0 Å². The highest BCUT2D eigenvalue weighted by atomic mass is 16.6. The molecule has 8 atom stereocenters. The van der Waals surface area contributed by atoms with E-state index in [2.05, 4.69) is 0 Å². The minimum absolute atomic E-state index is 0.208. The van der Waals surface area contributed by atoms with Crippen molar-refractivity contribution < 1.29 is 43.5 Å². The molecule has 3 fully saturated rings. The number of hydrogen-bond acceptors (Lipinski definition) is 9. The van der Waals surface area contributed by atoms with Crippen molar-refractivity contribution in [1.82, 2.24) is 0 Å². The van der Waals surface area contributed by atoms with E-state index in [9.17, 15) is 24.6 Å². The molecule has 3 aliphatic rings. The van der Waals surface area contributed by atoms with Crippen molar-refractivity contribution in [2.75, 3.05) is 0 Å². The summed E-state index contributed by atoms with van der Waals surface area (Å²) in [5.74, 6) is -2.30. The average Bonchev–Trinajstić information content (AvgIpc) is 2.96.